The van der Waals surface area contributed by atoms with Crippen molar-refractivity contribution in [1.82, 2.24) is 5.32 Å². The van der Waals surface area contributed by atoms with Gasteiger partial charge in [0.1, 0.15) is 5.82 Å². The van der Waals surface area contributed by atoms with Crippen molar-refractivity contribution in [3.05, 3.63) is 29.6 Å². The number of amides is 1. The van der Waals surface area contributed by atoms with Crippen molar-refractivity contribution in [3.8, 4) is 6.07 Å². The van der Waals surface area contributed by atoms with E-state index in [2.05, 4.69) is 10.6 Å². The van der Waals surface area contributed by atoms with Crippen molar-refractivity contribution in [2.24, 2.45) is 0 Å². The molecule has 4 nitrogen and oxygen atoms in total. The molecular formula is C13H16FN3O. The Morgan fingerprint density at radius 2 is 2.11 bits per heavy atom. The first-order valence-corrected chi connectivity index (χ1v) is 5.56. The van der Waals surface area contributed by atoms with E-state index in [0.29, 0.717) is 0 Å². The molecule has 96 valence electrons. The maximum Gasteiger partial charge on any atom is 0.238 e. The van der Waals surface area contributed by atoms with Crippen LogP contribution >= 0.6 is 0 Å². The third-order valence-electron chi connectivity index (χ3n) is 2.15. The second-order valence-corrected chi connectivity index (χ2v) is 4.96. The molecule has 0 fully saturated rings. The summed E-state index contributed by atoms with van der Waals surface area (Å²) in [7, 11) is 0. The number of rotatable bonds is 3. The third-order valence-corrected chi connectivity index (χ3v) is 2.15. The number of nitrogens with one attached hydrogen (secondary N) is 2. The van der Waals surface area contributed by atoms with Crippen LogP contribution in [-0.2, 0) is 4.79 Å². The van der Waals surface area contributed by atoms with Gasteiger partial charge in [0, 0.05) is 5.54 Å². The first kappa shape index (κ1) is 14.1. The van der Waals surface area contributed by atoms with E-state index >= 15 is 0 Å². The number of hydrogen-bond donors (Lipinski definition) is 2. The summed E-state index contributed by atoms with van der Waals surface area (Å²) in [6.45, 7) is 5.90. The van der Waals surface area contributed by atoms with Crippen molar-refractivity contribution in [1.29, 1.82) is 5.26 Å². The molecule has 1 rings (SSSR count). The highest BCUT2D eigenvalue weighted by molar-refractivity contribution is 5.92. The van der Waals surface area contributed by atoms with Gasteiger partial charge in [-0.25, -0.2) is 4.39 Å². The molecule has 2 N–H and O–H groups in total. The molecule has 0 aliphatic carbocycles. The minimum Gasteiger partial charge on any atom is -0.322 e. The predicted octanol–water partition coefficient (Wildman–Crippen LogP) is 2.02. The zero-order valence-electron chi connectivity index (χ0n) is 10.7. The topological polar surface area (TPSA) is 64.9 Å². The molecule has 5 heteroatoms. The molecule has 0 heterocycles. The van der Waals surface area contributed by atoms with E-state index in [0.717, 1.165) is 6.07 Å². The number of nitriles is 1. The highest BCUT2D eigenvalue weighted by Crippen LogP contribution is 2.15. The van der Waals surface area contributed by atoms with Crippen molar-refractivity contribution >= 4 is 11.6 Å². The van der Waals surface area contributed by atoms with Crippen LogP contribution in [0, 0.1) is 17.1 Å². The van der Waals surface area contributed by atoms with Crippen LogP contribution in [0.2, 0.25) is 0 Å². The highest BCUT2D eigenvalue weighted by atomic mass is 19.1. The van der Waals surface area contributed by atoms with Gasteiger partial charge in [-0.05, 0) is 39.0 Å². The Hall–Kier alpha value is -1.93. The molecule has 0 atom stereocenters. The summed E-state index contributed by atoms with van der Waals surface area (Å²) < 4.78 is 13.5. The van der Waals surface area contributed by atoms with Crippen LogP contribution < -0.4 is 10.6 Å². The van der Waals surface area contributed by atoms with Gasteiger partial charge in [-0.1, -0.05) is 0 Å². The Bertz CT molecular complexity index is 486. The van der Waals surface area contributed by atoms with Gasteiger partial charge in [0.05, 0.1) is 23.9 Å². The second-order valence-electron chi connectivity index (χ2n) is 4.96. The molecule has 0 aliphatic rings. The Kier molecular flexibility index (Phi) is 4.40. The standard InChI is InChI=1S/C13H16FN3O/c1-13(2,3)16-8-12(18)17-11-5-4-9(7-15)6-10(11)14/h4-6,16H,8H2,1-3H3,(H,17,18). The SMILES string of the molecule is CC(C)(C)NCC(=O)Nc1ccc(C#N)cc1F. The summed E-state index contributed by atoms with van der Waals surface area (Å²) >= 11 is 0. The lowest BCUT2D eigenvalue weighted by Crippen LogP contribution is -2.41. The molecule has 0 saturated carbocycles. The second kappa shape index (κ2) is 5.61. The molecule has 0 aliphatic heterocycles. The van der Waals surface area contributed by atoms with Crippen LogP contribution in [0.1, 0.15) is 26.3 Å². The van der Waals surface area contributed by atoms with Gasteiger partial charge in [-0.3, -0.25) is 4.79 Å². The van der Waals surface area contributed by atoms with Gasteiger partial charge in [-0.2, -0.15) is 5.26 Å². The minimum absolute atomic E-state index is 0.0784. The van der Waals surface area contributed by atoms with Gasteiger partial charge >= 0.3 is 0 Å². The lowest BCUT2D eigenvalue weighted by atomic mass is 10.1. The van der Waals surface area contributed by atoms with Gasteiger partial charge in [-0.15, -0.1) is 0 Å². The van der Waals surface area contributed by atoms with Crippen molar-refractivity contribution in [2.75, 3.05) is 11.9 Å². The molecule has 0 saturated heterocycles. The maximum absolute atomic E-state index is 13.5. The van der Waals surface area contributed by atoms with E-state index in [9.17, 15) is 9.18 Å². The number of hydrogen-bond acceptors (Lipinski definition) is 3. The van der Waals surface area contributed by atoms with Gasteiger partial charge in [0.25, 0.3) is 0 Å². The number of nitrogens with zero attached hydrogens (tertiary/aromatic N) is 1. The molecule has 1 aromatic rings. The lowest BCUT2D eigenvalue weighted by molar-refractivity contribution is -0.115. The first-order valence-electron chi connectivity index (χ1n) is 5.56. The van der Waals surface area contributed by atoms with Crippen LogP contribution in [0.4, 0.5) is 10.1 Å². The summed E-state index contributed by atoms with van der Waals surface area (Å²) in [6.07, 6.45) is 0. The normalized spacial score (nSPS) is 10.8. The van der Waals surface area contributed by atoms with E-state index in [1.54, 1.807) is 0 Å². The van der Waals surface area contributed by atoms with Crippen LogP contribution in [0.5, 0.6) is 0 Å². The fraction of sp³-hybridized carbons (Fsp3) is 0.385. The molecule has 1 aromatic carbocycles. The molecule has 18 heavy (non-hydrogen) atoms. The first-order chi connectivity index (χ1) is 8.31. The van der Waals surface area contributed by atoms with Crippen LogP contribution in [0.25, 0.3) is 0 Å². The quantitative estimate of drug-likeness (QED) is 0.861. The number of halogens is 1. The van der Waals surface area contributed by atoms with E-state index in [1.807, 2.05) is 26.8 Å². The molecule has 0 spiro atoms. The van der Waals surface area contributed by atoms with E-state index in [1.165, 1.54) is 12.1 Å². The zero-order valence-corrected chi connectivity index (χ0v) is 10.7. The molecule has 0 aromatic heterocycles. The number of carbonyl (C=O) groups is 1. The zero-order chi connectivity index (χ0) is 13.8. The van der Waals surface area contributed by atoms with Gasteiger partial charge < -0.3 is 10.6 Å². The number of anilines is 1. The summed E-state index contributed by atoms with van der Waals surface area (Å²) in [6, 6.07) is 5.75. The maximum atomic E-state index is 13.5. The largest absolute Gasteiger partial charge is 0.322 e. The number of carbonyl (C=O) groups excluding carboxylic acids is 1. The minimum atomic E-state index is -0.613. The fourth-order valence-corrected chi connectivity index (χ4v) is 1.23. The summed E-state index contributed by atoms with van der Waals surface area (Å²) in [5.41, 5.74) is 0.119. The smallest absolute Gasteiger partial charge is 0.238 e. The molecule has 0 bridgehead atoms. The van der Waals surface area contributed by atoms with E-state index in [-0.39, 0.29) is 29.2 Å². The Labute approximate surface area is 106 Å². The fourth-order valence-electron chi connectivity index (χ4n) is 1.23. The van der Waals surface area contributed by atoms with Crippen molar-refractivity contribution < 1.29 is 9.18 Å². The summed E-state index contributed by atoms with van der Waals surface area (Å²) in [4.78, 5) is 11.6. The average molecular weight is 249 g/mol. The Morgan fingerprint density at radius 1 is 1.44 bits per heavy atom. The monoisotopic (exact) mass is 249 g/mol. The van der Waals surface area contributed by atoms with E-state index in [4.69, 9.17) is 5.26 Å². The molecule has 1 amide bonds. The van der Waals surface area contributed by atoms with Gasteiger partial charge in [0.2, 0.25) is 5.91 Å². The summed E-state index contributed by atoms with van der Waals surface area (Å²) in [5.74, 6) is -0.938. The van der Waals surface area contributed by atoms with Crippen molar-refractivity contribution in [2.45, 2.75) is 26.3 Å². The number of benzene rings is 1. The van der Waals surface area contributed by atoms with Gasteiger partial charge in [0.15, 0.2) is 0 Å². The van der Waals surface area contributed by atoms with E-state index < -0.39 is 5.82 Å². The van der Waals surface area contributed by atoms with Crippen molar-refractivity contribution in [3.63, 3.8) is 0 Å². The third kappa shape index (κ3) is 4.52. The summed E-state index contributed by atoms with van der Waals surface area (Å²) in [5, 5.41) is 14.0. The lowest BCUT2D eigenvalue weighted by Gasteiger charge is -2.20. The van der Waals surface area contributed by atoms with Crippen LogP contribution in [-0.4, -0.2) is 18.0 Å². The molecular weight excluding hydrogens is 233 g/mol. The Balaban J connectivity index is 2.63. The highest BCUT2D eigenvalue weighted by Gasteiger charge is 2.12. The van der Waals surface area contributed by atoms with Crippen LogP contribution in [0.3, 0.4) is 0 Å². The molecule has 0 radical (unpaired) electrons. The Morgan fingerprint density at radius 3 is 2.61 bits per heavy atom. The molecule has 0 unspecified atom stereocenters. The average Bonchev–Trinajstić information content (AvgIpc) is 2.28. The predicted molar refractivity (Wildman–Crippen MR) is 67.5 cm³/mol. The van der Waals surface area contributed by atoms with Crippen LogP contribution in [0.15, 0.2) is 18.2 Å².